The van der Waals surface area contributed by atoms with Gasteiger partial charge in [0.05, 0.1) is 5.69 Å². The predicted molar refractivity (Wildman–Crippen MR) is 60.0 cm³/mol. The number of hydrogen-bond donors (Lipinski definition) is 1. The Bertz CT molecular complexity index is 299. The molecule has 1 atom stereocenters. The molecule has 1 aromatic rings. The molecule has 0 aliphatic carbocycles. The first-order valence-electron chi connectivity index (χ1n) is 5.48. The highest BCUT2D eigenvalue weighted by atomic mass is 19.1. The number of nitrogens with zero attached hydrogens (tertiary/aromatic N) is 1. The summed E-state index contributed by atoms with van der Waals surface area (Å²) < 4.78 is 13.2. The molecule has 0 fully saturated rings. The van der Waals surface area contributed by atoms with Gasteiger partial charge in [0.2, 0.25) is 0 Å². The third-order valence-corrected chi connectivity index (χ3v) is 2.61. The van der Waals surface area contributed by atoms with Crippen molar-refractivity contribution in [3.63, 3.8) is 0 Å². The van der Waals surface area contributed by atoms with Crippen molar-refractivity contribution >= 4 is 0 Å². The zero-order chi connectivity index (χ0) is 11.3. The molecule has 84 valence electrons. The van der Waals surface area contributed by atoms with Crippen molar-refractivity contribution in [1.29, 1.82) is 0 Å². The van der Waals surface area contributed by atoms with Gasteiger partial charge in [0.15, 0.2) is 0 Å². The second-order valence-electron chi connectivity index (χ2n) is 4.07. The number of aromatic nitrogens is 1. The summed E-state index contributed by atoms with van der Waals surface area (Å²) in [6.45, 7) is 6.96. The van der Waals surface area contributed by atoms with Crippen LogP contribution >= 0.6 is 0 Å². The van der Waals surface area contributed by atoms with E-state index in [1.54, 1.807) is 12.3 Å². The number of rotatable bonds is 5. The van der Waals surface area contributed by atoms with Crippen molar-refractivity contribution in [2.24, 2.45) is 5.92 Å². The monoisotopic (exact) mass is 210 g/mol. The van der Waals surface area contributed by atoms with E-state index in [0.717, 1.165) is 6.42 Å². The zero-order valence-corrected chi connectivity index (χ0v) is 9.63. The molecule has 0 aromatic carbocycles. The highest BCUT2D eigenvalue weighted by Crippen LogP contribution is 2.08. The van der Waals surface area contributed by atoms with E-state index < -0.39 is 0 Å². The molecule has 0 amide bonds. The maximum atomic E-state index is 13.2. The van der Waals surface area contributed by atoms with Crippen molar-refractivity contribution in [3.05, 3.63) is 29.8 Å². The molecule has 0 radical (unpaired) electrons. The number of halogens is 1. The van der Waals surface area contributed by atoms with Crippen molar-refractivity contribution in [1.82, 2.24) is 10.3 Å². The summed E-state index contributed by atoms with van der Waals surface area (Å²) in [5.74, 6) is 0.324. The Morgan fingerprint density at radius 3 is 2.73 bits per heavy atom. The van der Waals surface area contributed by atoms with Gasteiger partial charge in [0.1, 0.15) is 5.82 Å². The fourth-order valence-corrected chi connectivity index (χ4v) is 1.63. The van der Waals surface area contributed by atoms with Crippen LogP contribution in [0.15, 0.2) is 18.3 Å². The minimum atomic E-state index is -0.233. The van der Waals surface area contributed by atoms with Crippen LogP contribution in [0.3, 0.4) is 0 Å². The Morgan fingerprint density at radius 2 is 2.20 bits per heavy atom. The maximum Gasteiger partial charge on any atom is 0.146 e. The summed E-state index contributed by atoms with van der Waals surface area (Å²) in [6.07, 6.45) is 2.67. The Labute approximate surface area is 90.9 Å². The van der Waals surface area contributed by atoms with E-state index >= 15 is 0 Å². The smallest absolute Gasteiger partial charge is 0.146 e. The van der Waals surface area contributed by atoms with Crippen molar-refractivity contribution in [3.8, 4) is 0 Å². The van der Waals surface area contributed by atoms with Gasteiger partial charge in [0.25, 0.3) is 0 Å². The van der Waals surface area contributed by atoms with Crippen molar-refractivity contribution in [2.45, 2.75) is 39.8 Å². The molecular formula is C12H19FN2. The van der Waals surface area contributed by atoms with Crippen LogP contribution in [0.4, 0.5) is 4.39 Å². The van der Waals surface area contributed by atoms with Gasteiger partial charge in [-0.15, -0.1) is 0 Å². The first-order chi connectivity index (χ1) is 7.15. The van der Waals surface area contributed by atoms with Crippen LogP contribution in [0, 0.1) is 11.7 Å². The molecule has 0 saturated carbocycles. The molecule has 3 heteroatoms. The third-order valence-electron chi connectivity index (χ3n) is 2.61. The minimum Gasteiger partial charge on any atom is -0.308 e. The molecule has 15 heavy (non-hydrogen) atoms. The first-order valence-corrected chi connectivity index (χ1v) is 5.48. The summed E-state index contributed by atoms with van der Waals surface area (Å²) in [6, 6.07) is 3.48. The van der Waals surface area contributed by atoms with Crippen LogP contribution in [0.1, 0.15) is 32.9 Å². The van der Waals surface area contributed by atoms with E-state index in [-0.39, 0.29) is 5.82 Å². The Kier molecular flexibility index (Phi) is 4.69. The number of pyridine rings is 1. The van der Waals surface area contributed by atoms with E-state index in [0.29, 0.717) is 24.2 Å². The molecule has 1 aromatic heterocycles. The average molecular weight is 210 g/mol. The lowest BCUT2D eigenvalue weighted by Crippen LogP contribution is -2.33. The average Bonchev–Trinajstić information content (AvgIpc) is 2.21. The van der Waals surface area contributed by atoms with Gasteiger partial charge in [-0.05, 0) is 24.5 Å². The highest BCUT2D eigenvalue weighted by molar-refractivity contribution is 5.06. The van der Waals surface area contributed by atoms with Gasteiger partial charge in [-0.3, -0.25) is 4.98 Å². The van der Waals surface area contributed by atoms with Gasteiger partial charge >= 0.3 is 0 Å². The SMILES string of the molecule is CCC(NCc1ncccc1F)C(C)C. The van der Waals surface area contributed by atoms with Crippen LogP contribution in [-0.2, 0) is 6.54 Å². The van der Waals surface area contributed by atoms with E-state index in [2.05, 4.69) is 31.1 Å². The molecule has 1 unspecified atom stereocenters. The molecule has 0 aliphatic heterocycles. The molecule has 1 heterocycles. The first kappa shape index (κ1) is 12.1. The van der Waals surface area contributed by atoms with E-state index in [4.69, 9.17) is 0 Å². The van der Waals surface area contributed by atoms with Crippen LogP contribution < -0.4 is 5.32 Å². The molecule has 0 saturated heterocycles. The maximum absolute atomic E-state index is 13.2. The van der Waals surface area contributed by atoms with Crippen molar-refractivity contribution in [2.75, 3.05) is 0 Å². The largest absolute Gasteiger partial charge is 0.308 e. The Hall–Kier alpha value is -0.960. The molecule has 2 nitrogen and oxygen atoms in total. The molecule has 1 N–H and O–H groups in total. The lowest BCUT2D eigenvalue weighted by Gasteiger charge is -2.20. The lowest BCUT2D eigenvalue weighted by molar-refractivity contribution is 0.382. The zero-order valence-electron chi connectivity index (χ0n) is 9.63. The van der Waals surface area contributed by atoms with Crippen LogP contribution in [0.5, 0.6) is 0 Å². The molecule has 0 spiro atoms. The fraction of sp³-hybridized carbons (Fsp3) is 0.583. The van der Waals surface area contributed by atoms with Gasteiger partial charge in [0, 0.05) is 18.8 Å². The topological polar surface area (TPSA) is 24.9 Å². The van der Waals surface area contributed by atoms with Crippen LogP contribution in [0.2, 0.25) is 0 Å². The Balaban J connectivity index is 2.53. The van der Waals surface area contributed by atoms with Crippen LogP contribution in [-0.4, -0.2) is 11.0 Å². The molecular weight excluding hydrogens is 191 g/mol. The summed E-state index contributed by atoms with van der Waals surface area (Å²) >= 11 is 0. The van der Waals surface area contributed by atoms with E-state index in [9.17, 15) is 4.39 Å². The second kappa shape index (κ2) is 5.81. The molecule has 0 bridgehead atoms. The Morgan fingerprint density at radius 1 is 1.47 bits per heavy atom. The number of hydrogen-bond acceptors (Lipinski definition) is 2. The van der Waals surface area contributed by atoms with Gasteiger partial charge in [-0.2, -0.15) is 0 Å². The third kappa shape index (κ3) is 3.59. The summed E-state index contributed by atoms with van der Waals surface area (Å²) in [4.78, 5) is 4.01. The summed E-state index contributed by atoms with van der Waals surface area (Å²) in [5.41, 5.74) is 0.497. The quantitative estimate of drug-likeness (QED) is 0.808. The minimum absolute atomic E-state index is 0.233. The molecule has 1 rings (SSSR count). The second-order valence-corrected chi connectivity index (χ2v) is 4.07. The van der Waals surface area contributed by atoms with Gasteiger partial charge in [-0.1, -0.05) is 20.8 Å². The van der Waals surface area contributed by atoms with E-state index in [1.165, 1.54) is 6.07 Å². The lowest BCUT2D eigenvalue weighted by atomic mass is 10.0. The molecule has 0 aliphatic rings. The summed E-state index contributed by atoms with van der Waals surface area (Å²) in [7, 11) is 0. The van der Waals surface area contributed by atoms with Gasteiger partial charge < -0.3 is 5.32 Å². The highest BCUT2D eigenvalue weighted by Gasteiger charge is 2.11. The number of nitrogens with one attached hydrogen (secondary N) is 1. The predicted octanol–water partition coefficient (Wildman–Crippen LogP) is 2.74. The standard InChI is InChI=1S/C12H19FN2/c1-4-11(9(2)3)15-8-12-10(13)6-5-7-14-12/h5-7,9,11,15H,4,8H2,1-3H3. The fourth-order valence-electron chi connectivity index (χ4n) is 1.63. The van der Waals surface area contributed by atoms with E-state index in [1.807, 2.05) is 0 Å². The van der Waals surface area contributed by atoms with Crippen molar-refractivity contribution < 1.29 is 4.39 Å². The summed E-state index contributed by atoms with van der Waals surface area (Å²) in [5, 5.41) is 3.32. The van der Waals surface area contributed by atoms with Gasteiger partial charge in [-0.25, -0.2) is 4.39 Å². The van der Waals surface area contributed by atoms with Crippen LogP contribution in [0.25, 0.3) is 0 Å². The normalized spacial score (nSPS) is 13.1.